The highest BCUT2D eigenvalue weighted by Gasteiger charge is 2.19. The molecule has 28 heavy (non-hydrogen) atoms. The average Bonchev–Trinajstić information content (AvgIpc) is 3.33. The van der Waals surface area contributed by atoms with Crippen LogP contribution in [-0.2, 0) is 20.7 Å². The summed E-state index contributed by atoms with van der Waals surface area (Å²) in [7, 11) is 0. The van der Waals surface area contributed by atoms with Gasteiger partial charge in [-0.2, -0.15) is 0 Å². The minimum atomic E-state index is -0.949. The number of ketones is 1. The molecular formula is C20H18N2O4S2. The number of nitrogens with zero attached hydrogens (tertiary/aromatic N) is 1. The number of ether oxygens (including phenoxy) is 1. The zero-order chi connectivity index (χ0) is 20.1. The number of rotatable bonds is 7. The average molecular weight is 415 g/mol. The van der Waals surface area contributed by atoms with Gasteiger partial charge in [-0.15, -0.1) is 22.7 Å². The molecule has 0 saturated carbocycles. The van der Waals surface area contributed by atoms with E-state index < -0.39 is 18.0 Å². The molecule has 0 fully saturated rings. The van der Waals surface area contributed by atoms with E-state index in [2.05, 4.69) is 10.3 Å². The predicted molar refractivity (Wildman–Crippen MR) is 110 cm³/mol. The van der Waals surface area contributed by atoms with Crippen molar-refractivity contribution < 1.29 is 19.1 Å². The van der Waals surface area contributed by atoms with Crippen molar-refractivity contribution in [2.45, 2.75) is 26.4 Å². The molecule has 2 aromatic heterocycles. The number of thiazole rings is 1. The molecule has 0 unspecified atom stereocenters. The van der Waals surface area contributed by atoms with E-state index in [4.69, 9.17) is 4.74 Å². The number of hydrogen-bond acceptors (Lipinski definition) is 7. The van der Waals surface area contributed by atoms with Crippen LogP contribution in [0.2, 0.25) is 0 Å². The zero-order valence-electron chi connectivity index (χ0n) is 15.3. The first-order chi connectivity index (χ1) is 13.4. The molecule has 0 radical (unpaired) electrons. The summed E-state index contributed by atoms with van der Waals surface area (Å²) in [5.41, 5.74) is 1.70. The Hall–Kier alpha value is -2.84. The minimum absolute atomic E-state index is 0.00675. The second kappa shape index (κ2) is 8.90. The Kier molecular flexibility index (Phi) is 6.33. The molecule has 0 aliphatic heterocycles. The zero-order valence-corrected chi connectivity index (χ0v) is 16.9. The Morgan fingerprint density at radius 3 is 2.54 bits per heavy atom. The summed E-state index contributed by atoms with van der Waals surface area (Å²) in [6.07, 6.45) is -0.942. The molecule has 0 aliphatic rings. The smallest absolute Gasteiger partial charge is 0.312 e. The molecule has 0 saturated heterocycles. The van der Waals surface area contributed by atoms with Crippen molar-refractivity contribution in [1.82, 2.24) is 4.98 Å². The van der Waals surface area contributed by atoms with E-state index in [0.29, 0.717) is 16.9 Å². The lowest BCUT2D eigenvalue weighted by Gasteiger charge is -2.13. The number of carbonyl (C=O) groups excluding carboxylic acids is 3. The molecule has 3 aromatic rings. The van der Waals surface area contributed by atoms with Crippen molar-refractivity contribution in [3.05, 3.63) is 58.4 Å². The van der Waals surface area contributed by atoms with E-state index in [9.17, 15) is 14.4 Å². The van der Waals surface area contributed by atoms with E-state index >= 15 is 0 Å². The van der Waals surface area contributed by atoms with Crippen LogP contribution >= 0.6 is 22.7 Å². The molecule has 0 spiro atoms. The van der Waals surface area contributed by atoms with Gasteiger partial charge in [0, 0.05) is 16.6 Å². The lowest BCUT2D eigenvalue weighted by atomic mass is 10.1. The van der Waals surface area contributed by atoms with Crippen LogP contribution in [0.3, 0.4) is 0 Å². The molecule has 0 aliphatic carbocycles. The van der Waals surface area contributed by atoms with Crippen LogP contribution in [-0.4, -0.2) is 28.7 Å². The van der Waals surface area contributed by atoms with Gasteiger partial charge in [-0.05, 0) is 49.6 Å². The molecule has 2 heterocycles. The van der Waals surface area contributed by atoms with Gasteiger partial charge in [0.2, 0.25) is 0 Å². The fourth-order valence-corrected chi connectivity index (χ4v) is 4.01. The second-order valence-corrected chi connectivity index (χ2v) is 7.86. The summed E-state index contributed by atoms with van der Waals surface area (Å²) in [5, 5.41) is 7.31. The molecule has 1 N–H and O–H groups in total. The summed E-state index contributed by atoms with van der Waals surface area (Å²) in [6, 6.07) is 10.4. The van der Waals surface area contributed by atoms with E-state index in [1.165, 1.54) is 25.2 Å². The molecule has 144 valence electrons. The SMILES string of the molecule is CC(=O)c1ccc(NC(=O)[C@@H](C)OC(=O)Cc2csc(-c3cccs3)n2)cc1. The highest BCUT2D eigenvalue weighted by Crippen LogP contribution is 2.28. The van der Waals surface area contributed by atoms with E-state index in [-0.39, 0.29) is 12.2 Å². The molecule has 3 rings (SSSR count). The van der Waals surface area contributed by atoms with E-state index in [1.54, 1.807) is 35.6 Å². The third-order valence-corrected chi connectivity index (χ3v) is 5.78. The fraction of sp³-hybridized carbons (Fsp3) is 0.200. The number of anilines is 1. The lowest BCUT2D eigenvalue weighted by Crippen LogP contribution is -2.30. The van der Waals surface area contributed by atoms with Gasteiger partial charge in [-0.25, -0.2) is 4.98 Å². The Labute approximate surface area is 170 Å². The van der Waals surface area contributed by atoms with Crippen LogP contribution < -0.4 is 5.32 Å². The number of Topliss-reactive ketones (excluding diaryl/α,β-unsaturated/α-hetero) is 1. The maximum atomic E-state index is 12.2. The number of esters is 1. The van der Waals surface area contributed by atoms with Crippen LogP contribution in [0.1, 0.15) is 29.9 Å². The highest BCUT2D eigenvalue weighted by molar-refractivity contribution is 7.20. The molecule has 6 nitrogen and oxygen atoms in total. The molecular weight excluding hydrogens is 396 g/mol. The van der Waals surface area contributed by atoms with Crippen LogP contribution in [0.15, 0.2) is 47.2 Å². The molecule has 1 atom stereocenters. The summed E-state index contributed by atoms with van der Waals surface area (Å²) < 4.78 is 5.21. The first-order valence-electron chi connectivity index (χ1n) is 8.52. The predicted octanol–water partition coefficient (Wildman–Crippen LogP) is 4.19. The van der Waals surface area contributed by atoms with Crippen molar-refractivity contribution in [2.75, 3.05) is 5.32 Å². The van der Waals surface area contributed by atoms with Gasteiger partial charge in [-0.3, -0.25) is 14.4 Å². The summed E-state index contributed by atoms with van der Waals surface area (Å²) >= 11 is 3.05. The normalized spacial score (nSPS) is 11.6. The third kappa shape index (κ3) is 5.11. The van der Waals surface area contributed by atoms with Crippen LogP contribution in [0.25, 0.3) is 9.88 Å². The topological polar surface area (TPSA) is 85.4 Å². The summed E-state index contributed by atoms with van der Waals surface area (Å²) in [4.78, 5) is 41.1. The molecule has 1 aromatic carbocycles. The Bertz CT molecular complexity index is 978. The lowest BCUT2D eigenvalue weighted by molar-refractivity contribution is -0.152. The number of hydrogen-bond donors (Lipinski definition) is 1. The Morgan fingerprint density at radius 2 is 1.89 bits per heavy atom. The number of aromatic nitrogens is 1. The molecule has 8 heteroatoms. The highest BCUT2D eigenvalue weighted by atomic mass is 32.1. The number of nitrogens with one attached hydrogen (secondary N) is 1. The maximum absolute atomic E-state index is 12.2. The number of benzene rings is 1. The van der Waals surface area contributed by atoms with Gasteiger partial charge < -0.3 is 10.1 Å². The van der Waals surface area contributed by atoms with Gasteiger partial charge >= 0.3 is 5.97 Å². The fourth-order valence-electron chi connectivity index (χ4n) is 2.37. The van der Waals surface area contributed by atoms with Crippen LogP contribution in [0, 0.1) is 0 Å². The van der Waals surface area contributed by atoms with Gasteiger partial charge in [0.15, 0.2) is 11.9 Å². The van der Waals surface area contributed by atoms with Gasteiger partial charge in [-0.1, -0.05) is 6.07 Å². The summed E-state index contributed by atoms with van der Waals surface area (Å²) in [5.74, 6) is -1.01. The quantitative estimate of drug-likeness (QED) is 0.463. The summed E-state index contributed by atoms with van der Waals surface area (Å²) in [6.45, 7) is 2.98. The first kappa shape index (κ1) is 19.9. The van der Waals surface area contributed by atoms with E-state index in [0.717, 1.165) is 9.88 Å². The second-order valence-electron chi connectivity index (χ2n) is 6.05. The number of amides is 1. The molecule has 1 amide bonds. The standard InChI is InChI=1S/C20H18N2O4S2/c1-12(23)14-5-7-15(8-6-14)21-19(25)13(2)26-18(24)10-16-11-28-20(22-16)17-4-3-9-27-17/h3-9,11,13H,10H2,1-2H3,(H,21,25)/t13-/m1/s1. The van der Waals surface area contributed by atoms with Crippen molar-refractivity contribution in [3.8, 4) is 9.88 Å². The monoisotopic (exact) mass is 414 g/mol. The van der Waals surface area contributed by atoms with Gasteiger partial charge in [0.25, 0.3) is 5.91 Å². The maximum Gasteiger partial charge on any atom is 0.312 e. The number of carbonyl (C=O) groups is 3. The first-order valence-corrected chi connectivity index (χ1v) is 10.3. The van der Waals surface area contributed by atoms with Gasteiger partial charge in [0.05, 0.1) is 17.0 Å². The van der Waals surface area contributed by atoms with Crippen molar-refractivity contribution >= 4 is 46.0 Å². The number of thiophene rings is 1. The van der Waals surface area contributed by atoms with Crippen molar-refractivity contribution in [3.63, 3.8) is 0 Å². The van der Waals surface area contributed by atoms with E-state index in [1.807, 2.05) is 22.9 Å². The molecule has 0 bridgehead atoms. The van der Waals surface area contributed by atoms with Crippen LogP contribution in [0.4, 0.5) is 5.69 Å². The van der Waals surface area contributed by atoms with Crippen LogP contribution in [0.5, 0.6) is 0 Å². The minimum Gasteiger partial charge on any atom is -0.452 e. The van der Waals surface area contributed by atoms with Gasteiger partial charge in [0.1, 0.15) is 5.01 Å². The Balaban J connectivity index is 1.52. The third-order valence-electron chi connectivity index (χ3n) is 3.85. The van der Waals surface area contributed by atoms with Crippen molar-refractivity contribution in [2.24, 2.45) is 0 Å². The largest absolute Gasteiger partial charge is 0.452 e. The van der Waals surface area contributed by atoms with Crippen molar-refractivity contribution in [1.29, 1.82) is 0 Å². The Morgan fingerprint density at radius 1 is 1.14 bits per heavy atom.